The third-order valence-electron chi connectivity index (χ3n) is 3.25. The number of nitrogens with one attached hydrogen (secondary N) is 1. The third-order valence-corrected chi connectivity index (χ3v) is 3.75. The van der Waals surface area contributed by atoms with Gasteiger partial charge in [0.1, 0.15) is 0 Å². The van der Waals surface area contributed by atoms with Gasteiger partial charge in [-0.15, -0.1) is 0 Å². The van der Waals surface area contributed by atoms with Gasteiger partial charge in [-0.05, 0) is 42.9 Å². The molecule has 0 heterocycles. The second kappa shape index (κ2) is 5.08. The number of carbonyl (C=O) groups is 1. The first-order valence-corrected chi connectivity index (χ1v) is 6.64. The molecule has 1 saturated carbocycles. The molecule has 1 unspecified atom stereocenters. The van der Waals surface area contributed by atoms with E-state index in [-0.39, 0.29) is 0 Å². The molecule has 4 heteroatoms. The van der Waals surface area contributed by atoms with E-state index < -0.39 is 5.97 Å². The maximum Gasteiger partial charge on any atom is 0.337 e. The number of hydrogen-bond acceptors (Lipinski definition) is 2. The smallest absolute Gasteiger partial charge is 0.337 e. The lowest BCUT2D eigenvalue weighted by molar-refractivity contribution is 0.0698. The van der Waals surface area contributed by atoms with Crippen LogP contribution in [0.3, 0.4) is 0 Å². The average Bonchev–Trinajstić information content (AvgIpc) is 3.10. The molecule has 92 valence electrons. The van der Waals surface area contributed by atoms with Crippen molar-refractivity contribution in [1.29, 1.82) is 0 Å². The fourth-order valence-corrected chi connectivity index (χ4v) is 2.31. The van der Waals surface area contributed by atoms with E-state index in [0.717, 1.165) is 16.9 Å². The average molecular weight is 298 g/mol. The molecule has 1 aliphatic carbocycles. The van der Waals surface area contributed by atoms with Gasteiger partial charge in [0.2, 0.25) is 0 Å². The molecule has 0 radical (unpaired) electrons. The Morgan fingerprint density at radius 2 is 2.29 bits per heavy atom. The summed E-state index contributed by atoms with van der Waals surface area (Å²) in [6, 6.07) is 5.30. The first-order chi connectivity index (χ1) is 8.08. The minimum absolute atomic E-state index is 0.322. The van der Waals surface area contributed by atoms with Crippen molar-refractivity contribution in [2.45, 2.75) is 19.8 Å². The van der Waals surface area contributed by atoms with Gasteiger partial charge >= 0.3 is 5.97 Å². The maximum atomic E-state index is 11.1. The van der Waals surface area contributed by atoms with E-state index in [1.807, 2.05) is 12.1 Å². The maximum absolute atomic E-state index is 11.1. The van der Waals surface area contributed by atoms with E-state index in [4.69, 9.17) is 5.11 Å². The molecule has 1 fully saturated rings. The Kier molecular flexibility index (Phi) is 3.72. The van der Waals surface area contributed by atoms with E-state index in [1.54, 1.807) is 6.07 Å². The van der Waals surface area contributed by atoms with Crippen LogP contribution in [-0.2, 0) is 0 Å². The van der Waals surface area contributed by atoms with Crippen molar-refractivity contribution in [3.63, 3.8) is 0 Å². The number of rotatable bonds is 5. The molecule has 0 aromatic heterocycles. The number of halogens is 1. The summed E-state index contributed by atoms with van der Waals surface area (Å²) < 4.78 is 0.788. The molecule has 17 heavy (non-hydrogen) atoms. The topological polar surface area (TPSA) is 49.3 Å². The van der Waals surface area contributed by atoms with Crippen molar-refractivity contribution in [3.8, 4) is 0 Å². The quantitative estimate of drug-likeness (QED) is 0.873. The van der Waals surface area contributed by atoms with Crippen LogP contribution in [0.1, 0.15) is 30.1 Å². The number of carboxylic acids is 1. The lowest BCUT2D eigenvalue weighted by Gasteiger charge is -2.14. The van der Waals surface area contributed by atoms with Gasteiger partial charge in [-0.3, -0.25) is 0 Å². The lowest BCUT2D eigenvalue weighted by atomic mass is 10.1. The fraction of sp³-hybridized carbons (Fsp3) is 0.462. The van der Waals surface area contributed by atoms with E-state index in [1.165, 1.54) is 12.8 Å². The first kappa shape index (κ1) is 12.4. The Morgan fingerprint density at radius 3 is 2.88 bits per heavy atom. The van der Waals surface area contributed by atoms with Crippen molar-refractivity contribution in [2.75, 3.05) is 11.9 Å². The third kappa shape index (κ3) is 3.22. The Hall–Kier alpha value is -1.03. The zero-order valence-corrected chi connectivity index (χ0v) is 11.3. The van der Waals surface area contributed by atoms with Gasteiger partial charge in [-0.25, -0.2) is 4.79 Å². The first-order valence-electron chi connectivity index (χ1n) is 5.84. The van der Waals surface area contributed by atoms with Crippen molar-refractivity contribution in [3.05, 3.63) is 28.2 Å². The van der Waals surface area contributed by atoms with Crippen LogP contribution in [0.5, 0.6) is 0 Å². The highest BCUT2D eigenvalue weighted by atomic mass is 79.9. The zero-order chi connectivity index (χ0) is 12.4. The fourth-order valence-electron chi connectivity index (χ4n) is 1.95. The number of anilines is 1. The summed E-state index contributed by atoms with van der Waals surface area (Å²) >= 11 is 3.29. The van der Waals surface area contributed by atoms with Gasteiger partial charge in [0.25, 0.3) is 0 Å². The van der Waals surface area contributed by atoms with E-state index >= 15 is 0 Å². The summed E-state index contributed by atoms with van der Waals surface area (Å²) in [7, 11) is 0. The van der Waals surface area contributed by atoms with Gasteiger partial charge in [0, 0.05) is 16.7 Å². The predicted molar refractivity (Wildman–Crippen MR) is 71.5 cm³/mol. The summed E-state index contributed by atoms with van der Waals surface area (Å²) in [5.74, 6) is 0.541. The molecule has 1 atom stereocenters. The van der Waals surface area contributed by atoms with Crippen molar-refractivity contribution < 1.29 is 9.90 Å². The number of benzene rings is 1. The van der Waals surface area contributed by atoms with Crippen molar-refractivity contribution in [2.24, 2.45) is 11.8 Å². The molecular formula is C13H16BrNO2. The van der Waals surface area contributed by atoms with Crippen LogP contribution in [0.25, 0.3) is 0 Å². The Labute approximate surface area is 109 Å². The van der Waals surface area contributed by atoms with Crippen LogP contribution < -0.4 is 5.32 Å². The number of hydrogen-bond donors (Lipinski definition) is 2. The Morgan fingerprint density at radius 1 is 1.59 bits per heavy atom. The summed E-state index contributed by atoms with van der Waals surface area (Å²) in [4.78, 5) is 11.1. The minimum Gasteiger partial charge on any atom is -0.478 e. The van der Waals surface area contributed by atoms with Crippen LogP contribution in [0, 0.1) is 11.8 Å². The highest BCUT2D eigenvalue weighted by molar-refractivity contribution is 9.10. The second-order valence-corrected chi connectivity index (χ2v) is 5.61. The molecule has 1 aromatic rings. The van der Waals surface area contributed by atoms with Crippen LogP contribution in [0.15, 0.2) is 22.7 Å². The molecule has 2 rings (SSSR count). The summed E-state index contributed by atoms with van der Waals surface area (Å²) in [5, 5.41) is 12.4. The van der Waals surface area contributed by atoms with Gasteiger partial charge in [-0.1, -0.05) is 22.9 Å². The van der Waals surface area contributed by atoms with E-state index in [2.05, 4.69) is 28.2 Å². The van der Waals surface area contributed by atoms with Gasteiger partial charge in [-0.2, -0.15) is 0 Å². The van der Waals surface area contributed by atoms with Crippen LogP contribution in [0.2, 0.25) is 0 Å². The normalized spacial score (nSPS) is 16.6. The van der Waals surface area contributed by atoms with Gasteiger partial charge < -0.3 is 10.4 Å². The molecule has 1 aliphatic rings. The molecular weight excluding hydrogens is 282 g/mol. The lowest BCUT2D eigenvalue weighted by Crippen LogP contribution is -2.15. The Balaban J connectivity index is 2.06. The SMILES string of the molecule is CC(CNc1ccc(Br)cc1C(=O)O)C1CC1. The van der Waals surface area contributed by atoms with Crippen molar-refractivity contribution in [1.82, 2.24) is 0 Å². The summed E-state index contributed by atoms with van der Waals surface area (Å²) in [6.45, 7) is 3.05. The summed E-state index contributed by atoms with van der Waals surface area (Å²) in [5.41, 5.74) is 1.02. The van der Waals surface area contributed by atoms with Gasteiger partial charge in [0.05, 0.1) is 5.56 Å². The highest BCUT2D eigenvalue weighted by Crippen LogP contribution is 2.36. The standard InChI is InChI=1S/C13H16BrNO2/c1-8(9-2-3-9)7-15-12-5-4-10(14)6-11(12)13(16)17/h4-6,8-9,15H,2-3,7H2,1H3,(H,16,17). The minimum atomic E-state index is -0.895. The van der Waals surface area contributed by atoms with Gasteiger partial charge in [0.15, 0.2) is 0 Å². The zero-order valence-electron chi connectivity index (χ0n) is 9.74. The molecule has 0 bridgehead atoms. The number of aromatic carboxylic acids is 1. The number of carboxylic acid groups (broad SMARTS) is 1. The van der Waals surface area contributed by atoms with E-state index in [9.17, 15) is 4.79 Å². The molecule has 3 nitrogen and oxygen atoms in total. The largest absolute Gasteiger partial charge is 0.478 e. The molecule has 0 amide bonds. The van der Waals surface area contributed by atoms with Crippen molar-refractivity contribution >= 4 is 27.6 Å². The van der Waals surface area contributed by atoms with Crippen LogP contribution in [-0.4, -0.2) is 17.6 Å². The molecule has 0 saturated heterocycles. The van der Waals surface area contributed by atoms with Crippen LogP contribution >= 0.6 is 15.9 Å². The summed E-state index contributed by atoms with van der Waals surface area (Å²) in [6.07, 6.45) is 2.63. The van der Waals surface area contributed by atoms with E-state index in [0.29, 0.717) is 17.2 Å². The monoisotopic (exact) mass is 297 g/mol. The molecule has 2 N–H and O–H groups in total. The molecule has 0 spiro atoms. The van der Waals surface area contributed by atoms with Crippen LogP contribution in [0.4, 0.5) is 5.69 Å². The second-order valence-electron chi connectivity index (χ2n) is 4.69. The molecule has 1 aromatic carbocycles. The molecule has 0 aliphatic heterocycles. The highest BCUT2D eigenvalue weighted by Gasteiger charge is 2.27. The predicted octanol–water partition coefficient (Wildman–Crippen LogP) is 3.61. The Bertz CT molecular complexity index is 429.